The largest absolute Gasteiger partial charge is 0.480 e. The summed E-state index contributed by atoms with van der Waals surface area (Å²) in [6.45, 7) is 1.23. The lowest BCUT2D eigenvalue weighted by molar-refractivity contribution is -0.150. The summed E-state index contributed by atoms with van der Waals surface area (Å²) in [5.41, 5.74) is 2.12. The van der Waals surface area contributed by atoms with Gasteiger partial charge in [-0.05, 0) is 28.3 Å². The maximum absolute atomic E-state index is 13.9. The van der Waals surface area contributed by atoms with Gasteiger partial charge in [0.25, 0.3) is 0 Å². The van der Waals surface area contributed by atoms with Gasteiger partial charge in [-0.15, -0.1) is 10.2 Å². The number of halogens is 3. The number of rotatable bonds is 12. The molecular weight excluding hydrogens is 567 g/mol. The Labute approximate surface area is 244 Å². The summed E-state index contributed by atoms with van der Waals surface area (Å²) in [7, 11) is 0. The molecule has 11 nitrogen and oxygen atoms in total. The zero-order chi connectivity index (χ0) is 30.9. The van der Waals surface area contributed by atoms with Crippen molar-refractivity contribution in [2.45, 2.75) is 38.8 Å². The Balaban J connectivity index is 1.52. The summed E-state index contributed by atoms with van der Waals surface area (Å²) in [5.74, 6) is -5.28. The number of nitrogens with one attached hydrogen (secondary N) is 3. The van der Waals surface area contributed by atoms with Crippen LogP contribution in [0.1, 0.15) is 31.7 Å². The molecule has 1 unspecified atom stereocenters. The Bertz CT molecular complexity index is 1560. The first-order chi connectivity index (χ1) is 20.7. The number of tetrazole rings is 1. The highest BCUT2D eigenvalue weighted by Gasteiger charge is 2.30. The van der Waals surface area contributed by atoms with Crippen LogP contribution in [0.15, 0.2) is 60.7 Å². The number of carboxylic acids is 1. The molecule has 0 aliphatic heterocycles. The van der Waals surface area contributed by atoms with Gasteiger partial charge in [-0.1, -0.05) is 61.9 Å². The summed E-state index contributed by atoms with van der Waals surface area (Å²) in [5, 5.41) is 28.2. The van der Waals surface area contributed by atoms with E-state index in [4.69, 9.17) is 0 Å². The molecule has 4 aromatic rings. The van der Waals surface area contributed by atoms with Gasteiger partial charge in [0, 0.05) is 30.7 Å². The number of carbonyl (C=O) groups excluding carboxylic acids is 2. The van der Waals surface area contributed by atoms with Crippen molar-refractivity contribution in [3.8, 4) is 22.5 Å². The SMILES string of the molecule is CCCCC(=O)N(Cc1ccc(-c2ccccc2-c2nn[nH]n2)cc1)C(CNC(=O)Nc1c(F)cc(F)cc1F)C(=O)O. The number of anilines is 1. The minimum atomic E-state index is -1.50. The average Bonchev–Trinajstić information content (AvgIpc) is 3.52. The van der Waals surface area contributed by atoms with Crippen LogP contribution in [0.25, 0.3) is 22.5 Å². The van der Waals surface area contributed by atoms with Gasteiger partial charge >= 0.3 is 12.0 Å². The van der Waals surface area contributed by atoms with Gasteiger partial charge in [-0.2, -0.15) is 5.21 Å². The molecular formula is C29H28F3N7O4. The second kappa shape index (κ2) is 14.1. The molecule has 43 heavy (non-hydrogen) atoms. The molecule has 1 heterocycles. The normalized spacial score (nSPS) is 11.5. The number of H-pyrrole nitrogens is 1. The van der Waals surface area contributed by atoms with Crippen molar-refractivity contribution in [3.63, 3.8) is 0 Å². The molecule has 3 aromatic carbocycles. The maximum Gasteiger partial charge on any atom is 0.328 e. The highest BCUT2D eigenvalue weighted by Crippen LogP contribution is 2.30. The third-order valence-electron chi connectivity index (χ3n) is 6.56. The number of aliphatic carboxylic acids is 1. The maximum atomic E-state index is 13.9. The highest BCUT2D eigenvalue weighted by atomic mass is 19.1. The summed E-state index contributed by atoms with van der Waals surface area (Å²) in [6, 6.07) is 12.7. The van der Waals surface area contributed by atoms with Crippen molar-refractivity contribution in [1.29, 1.82) is 0 Å². The molecule has 0 aliphatic rings. The monoisotopic (exact) mass is 595 g/mol. The van der Waals surface area contributed by atoms with Crippen molar-refractivity contribution >= 4 is 23.6 Å². The van der Waals surface area contributed by atoms with Gasteiger partial charge in [0.1, 0.15) is 17.5 Å². The van der Waals surface area contributed by atoms with Gasteiger partial charge in [0.05, 0.1) is 6.54 Å². The summed E-state index contributed by atoms with van der Waals surface area (Å²) < 4.78 is 41.1. The fourth-order valence-electron chi connectivity index (χ4n) is 4.38. The number of urea groups is 1. The summed E-state index contributed by atoms with van der Waals surface area (Å²) in [6.07, 6.45) is 1.29. The number of aromatic nitrogens is 4. The van der Waals surface area contributed by atoms with Crippen LogP contribution in [-0.4, -0.2) is 61.1 Å². The highest BCUT2D eigenvalue weighted by molar-refractivity contribution is 5.90. The van der Waals surface area contributed by atoms with Crippen LogP contribution in [-0.2, 0) is 16.1 Å². The number of carboxylic acid groups (broad SMARTS) is 1. The minimum Gasteiger partial charge on any atom is -0.480 e. The Hall–Kier alpha value is -5.27. The van der Waals surface area contributed by atoms with Crippen molar-refractivity contribution in [2.24, 2.45) is 0 Å². The van der Waals surface area contributed by atoms with Crippen molar-refractivity contribution in [2.75, 3.05) is 11.9 Å². The fraction of sp³-hybridized carbons (Fsp3) is 0.241. The molecule has 0 radical (unpaired) electrons. The Morgan fingerprint density at radius 2 is 1.67 bits per heavy atom. The molecule has 4 N–H and O–H groups in total. The number of hydrogen-bond acceptors (Lipinski definition) is 6. The molecule has 0 fully saturated rings. The standard InChI is InChI=1S/C29H28F3N7O4/c1-2-3-8-25(40)39(24(28(41)42)15-33-29(43)34-26-22(31)13-19(30)14-23(26)32)16-17-9-11-18(12-10-17)20-6-4-5-7-21(20)27-35-37-38-36-27/h4-7,9-14,24H,2-3,8,15-16H2,1H3,(H,41,42)(H2,33,34,43)(H,35,36,37,38). The predicted octanol–water partition coefficient (Wildman–Crippen LogP) is 4.74. The molecule has 224 valence electrons. The Morgan fingerprint density at radius 3 is 2.28 bits per heavy atom. The first-order valence-corrected chi connectivity index (χ1v) is 13.3. The first-order valence-electron chi connectivity index (χ1n) is 13.3. The van der Waals surface area contributed by atoms with Gasteiger partial charge in [0.15, 0.2) is 11.6 Å². The van der Waals surface area contributed by atoms with Gasteiger partial charge in [-0.25, -0.2) is 22.8 Å². The Morgan fingerprint density at radius 1 is 1.00 bits per heavy atom. The topological polar surface area (TPSA) is 153 Å². The molecule has 0 aliphatic carbocycles. The Kier molecular flexibility index (Phi) is 10.0. The van der Waals surface area contributed by atoms with Gasteiger partial charge in [-0.3, -0.25) is 4.79 Å². The van der Waals surface area contributed by atoms with Crippen molar-refractivity contribution in [3.05, 3.63) is 83.7 Å². The van der Waals surface area contributed by atoms with Gasteiger partial charge < -0.3 is 20.6 Å². The van der Waals surface area contributed by atoms with Crippen LogP contribution in [0, 0.1) is 17.5 Å². The van der Waals surface area contributed by atoms with E-state index in [2.05, 4.69) is 25.9 Å². The minimum absolute atomic E-state index is 0.0780. The van der Waals surface area contributed by atoms with Crippen molar-refractivity contribution in [1.82, 2.24) is 30.8 Å². The summed E-state index contributed by atoms with van der Waals surface area (Å²) >= 11 is 0. The lowest BCUT2D eigenvalue weighted by Crippen LogP contribution is -2.51. The molecule has 0 spiro atoms. The zero-order valence-corrected chi connectivity index (χ0v) is 23.0. The molecule has 0 saturated heterocycles. The molecule has 14 heteroatoms. The number of aromatic amines is 1. The zero-order valence-electron chi connectivity index (χ0n) is 23.0. The average molecular weight is 596 g/mol. The summed E-state index contributed by atoms with van der Waals surface area (Å²) in [4.78, 5) is 38.9. The van der Waals surface area contributed by atoms with E-state index in [1.165, 1.54) is 0 Å². The smallest absolute Gasteiger partial charge is 0.328 e. The molecule has 0 saturated carbocycles. The van der Waals surface area contributed by atoms with Crippen LogP contribution in [0.4, 0.5) is 23.7 Å². The van der Waals surface area contributed by atoms with Gasteiger partial charge in [0.2, 0.25) is 11.7 Å². The molecule has 0 bridgehead atoms. The number of nitrogens with zero attached hydrogens (tertiary/aromatic N) is 4. The van der Waals surface area contributed by atoms with Crippen LogP contribution in [0.3, 0.4) is 0 Å². The first kappa shape index (κ1) is 30.7. The third kappa shape index (κ3) is 7.72. The lowest BCUT2D eigenvalue weighted by Gasteiger charge is -2.29. The molecule has 3 amide bonds. The van der Waals surface area contributed by atoms with Crippen LogP contribution >= 0.6 is 0 Å². The second-order valence-electron chi connectivity index (χ2n) is 9.54. The lowest BCUT2D eigenvalue weighted by atomic mass is 9.98. The molecule has 4 rings (SSSR count). The van der Waals surface area contributed by atoms with E-state index in [1.807, 2.05) is 48.6 Å². The predicted molar refractivity (Wildman–Crippen MR) is 150 cm³/mol. The van der Waals surface area contributed by atoms with Crippen LogP contribution < -0.4 is 10.6 Å². The molecule has 1 atom stereocenters. The van der Waals surface area contributed by atoms with E-state index >= 15 is 0 Å². The number of unbranched alkanes of at least 4 members (excludes halogenated alkanes) is 1. The number of hydrogen-bond donors (Lipinski definition) is 4. The van der Waals surface area contributed by atoms with E-state index in [9.17, 15) is 32.7 Å². The molecule has 1 aromatic heterocycles. The van der Waals surface area contributed by atoms with E-state index in [-0.39, 0.29) is 13.0 Å². The van der Waals surface area contributed by atoms with Crippen molar-refractivity contribution < 1.29 is 32.7 Å². The quantitative estimate of drug-likeness (QED) is 0.184. The third-order valence-corrected chi connectivity index (χ3v) is 6.56. The number of amides is 3. The number of carbonyl (C=O) groups is 3. The van der Waals surface area contributed by atoms with Crippen LogP contribution in [0.5, 0.6) is 0 Å². The van der Waals surface area contributed by atoms with E-state index < -0.39 is 53.6 Å². The van der Waals surface area contributed by atoms with Crippen LogP contribution in [0.2, 0.25) is 0 Å². The second-order valence-corrected chi connectivity index (χ2v) is 9.54. The van der Waals surface area contributed by atoms with E-state index in [0.717, 1.165) is 21.6 Å². The van der Waals surface area contributed by atoms with E-state index in [1.54, 1.807) is 12.1 Å². The number of benzene rings is 3. The fourth-order valence-corrected chi connectivity index (χ4v) is 4.38. The van der Waals surface area contributed by atoms with E-state index in [0.29, 0.717) is 36.4 Å².